The number of hydrogen-bond donors (Lipinski definition) is 0. The zero-order valence-corrected chi connectivity index (χ0v) is 11.1. The third kappa shape index (κ3) is 2.05. The van der Waals surface area contributed by atoms with Gasteiger partial charge in [0.25, 0.3) is 0 Å². The van der Waals surface area contributed by atoms with Crippen molar-refractivity contribution in [3.63, 3.8) is 0 Å². The summed E-state index contributed by atoms with van der Waals surface area (Å²) in [6.07, 6.45) is 1.02. The van der Waals surface area contributed by atoms with Gasteiger partial charge in [0.1, 0.15) is 5.82 Å². The first-order chi connectivity index (χ1) is 8.75. The predicted octanol–water partition coefficient (Wildman–Crippen LogP) is 4.76. The highest BCUT2D eigenvalue weighted by molar-refractivity contribution is 7.99. The SMILES string of the molecule is Cc1ccc2c(c1)C(c1ccccc1F)CCS2. The monoisotopic (exact) mass is 258 g/mol. The number of hydrogen-bond acceptors (Lipinski definition) is 1. The van der Waals surface area contributed by atoms with E-state index in [2.05, 4.69) is 25.1 Å². The van der Waals surface area contributed by atoms with Gasteiger partial charge in [-0.25, -0.2) is 4.39 Å². The molecule has 0 aliphatic carbocycles. The average Bonchev–Trinajstić information content (AvgIpc) is 2.39. The minimum atomic E-state index is -0.0816. The third-order valence-corrected chi connectivity index (χ3v) is 4.61. The molecule has 92 valence electrons. The van der Waals surface area contributed by atoms with Gasteiger partial charge in [-0.2, -0.15) is 0 Å². The molecule has 0 fully saturated rings. The number of thioether (sulfide) groups is 1. The van der Waals surface area contributed by atoms with Crippen molar-refractivity contribution in [2.75, 3.05) is 5.75 Å². The molecule has 2 aromatic carbocycles. The summed E-state index contributed by atoms with van der Waals surface area (Å²) in [6.45, 7) is 2.10. The highest BCUT2D eigenvalue weighted by atomic mass is 32.2. The van der Waals surface area contributed by atoms with Crippen molar-refractivity contribution in [1.29, 1.82) is 0 Å². The maximum Gasteiger partial charge on any atom is 0.127 e. The fourth-order valence-electron chi connectivity index (χ4n) is 2.59. The maximum atomic E-state index is 14.0. The molecule has 0 nitrogen and oxygen atoms in total. The van der Waals surface area contributed by atoms with Crippen LogP contribution in [0, 0.1) is 12.7 Å². The summed E-state index contributed by atoms with van der Waals surface area (Å²) in [5.74, 6) is 1.19. The van der Waals surface area contributed by atoms with Gasteiger partial charge in [0.05, 0.1) is 0 Å². The zero-order valence-electron chi connectivity index (χ0n) is 10.3. The van der Waals surface area contributed by atoms with Crippen LogP contribution in [0.2, 0.25) is 0 Å². The first kappa shape index (κ1) is 11.8. The number of halogens is 1. The van der Waals surface area contributed by atoms with E-state index in [1.165, 1.54) is 16.0 Å². The molecule has 1 atom stereocenters. The zero-order chi connectivity index (χ0) is 12.5. The predicted molar refractivity (Wildman–Crippen MR) is 74.8 cm³/mol. The summed E-state index contributed by atoms with van der Waals surface area (Å²) < 4.78 is 14.0. The second kappa shape index (κ2) is 4.77. The molecule has 1 aliphatic rings. The normalized spacial score (nSPS) is 18.4. The van der Waals surface area contributed by atoms with E-state index in [1.54, 1.807) is 12.1 Å². The maximum absolute atomic E-state index is 14.0. The second-order valence-corrected chi connectivity index (χ2v) is 5.89. The highest BCUT2D eigenvalue weighted by Crippen LogP contribution is 2.42. The molecule has 1 unspecified atom stereocenters. The van der Waals surface area contributed by atoms with Crippen LogP contribution in [0.4, 0.5) is 4.39 Å². The summed E-state index contributed by atoms with van der Waals surface area (Å²) in [6, 6.07) is 13.7. The number of aryl methyl sites for hydroxylation is 1. The lowest BCUT2D eigenvalue weighted by Gasteiger charge is -2.26. The Morgan fingerprint density at radius 1 is 1.11 bits per heavy atom. The van der Waals surface area contributed by atoms with Crippen molar-refractivity contribution >= 4 is 11.8 Å². The van der Waals surface area contributed by atoms with Gasteiger partial charge in [0.15, 0.2) is 0 Å². The summed E-state index contributed by atoms with van der Waals surface area (Å²) in [5.41, 5.74) is 3.37. The molecule has 1 aliphatic heterocycles. The Hall–Kier alpha value is -1.28. The fourth-order valence-corrected chi connectivity index (χ4v) is 3.70. The van der Waals surface area contributed by atoms with E-state index in [9.17, 15) is 4.39 Å². The van der Waals surface area contributed by atoms with Crippen molar-refractivity contribution in [3.8, 4) is 0 Å². The summed E-state index contributed by atoms with van der Waals surface area (Å²) in [7, 11) is 0. The van der Waals surface area contributed by atoms with Gasteiger partial charge < -0.3 is 0 Å². The van der Waals surface area contributed by atoms with E-state index in [0.29, 0.717) is 0 Å². The van der Waals surface area contributed by atoms with E-state index in [4.69, 9.17) is 0 Å². The third-order valence-electron chi connectivity index (χ3n) is 3.49. The minimum absolute atomic E-state index is 0.0816. The molecule has 0 N–H and O–H groups in total. The molecule has 3 rings (SSSR count). The summed E-state index contributed by atoms with van der Waals surface area (Å²) >= 11 is 1.88. The Morgan fingerprint density at radius 2 is 1.94 bits per heavy atom. The van der Waals surface area contributed by atoms with Crippen LogP contribution in [-0.2, 0) is 0 Å². The average molecular weight is 258 g/mol. The van der Waals surface area contributed by atoms with Gasteiger partial charge in [-0.1, -0.05) is 35.9 Å². The van der Waals surface area contributed by atoms with Gasteiger partial charge in [0, 0.05) is 10.8 Å². The van der Waals surface area contributed by atoms with E-state index < -0.39 is 0 Å². The topological polar surface area (TPSA) is 0 Å². The molecule has 0 saturated heterocycles. The molecule has 0 radical (unpaired) electrons. The van der Waals surface area contributed by atoms with Crippen molar-refractivity contribution in [3.05, 3.63) is 65.0 Å². The Morgan fingerprint density at radius 3 is 2.78 bits per heavy atom. The Bertz CT molecular complexity index is 577. The molecular formula is C16H15FS. The Balaban J connectivity index is 2.11. The van der Waals surface area contributed by atoms with Crippen LogP contribution >= 0.6 is 11.8 Å². The molecule has 2 heteroatoms. The Labute approximate surface area is 111 Å². The molecule has 1 heterocycles. The lowest BCUT2D eigenvalue weighted by Crippen LogP contribution is -2.10. The Kier molecular flexibility index (Phi) is 3.13. The van der Waals surface area contributed by atoms with Gasteiger partial charge in [-0.05, 0) is 42.4 Å². The van der Waals surface area contributed by atoms with Crippen molar-refractivity contribution < 1.29 is 4.39 Å². The van der Waals surface area contributed by atoms with Crippen LogP contribution in [0.25, 0.3) is 0 Å². The molecular weight excluding hydrogens is 243 g/mol. The molecule has 0 saturated carbocycles. The molecule has 0 aromatic heterocycles. The summed E-state index contributed by atoms with van der Waals surface area (Å²) in [5, 5.41) is 0. The lowest BCUT2D eigenvalue weighted by molar-refractivity contribution is 0.589. The number of benzene rings is 2. The smallest absolute Gasteiger partial charge is 0.127 e. The largest absolute Gasteiger partial charge is 0.207 e. The van der Waals surface area contributed by atoms with E-state index >= 15 is 0 Å². The quantitative estimate of drug-likeness (QED) is 0.710. The molecule has 2 aromatic rings. The van der Waals surface area contributed by atoms with Crippen LogP contribution in [0.15, 0.2) is 47.4 Å². The second-order valence-electron chi connectivity index (χ2n) is 4.75. The van der Waals surface area contributed by atoms with Crippen molar-refractivity contribution in [2.45, 2.75) is 24.2 Å². The van der Waals surface area contributed by atoms with Crippen molar-refractivity contribution in [2.24, 2.45) is 0 Å². The molecule has 0 bridgehead atoms. The van der Waals surface area contributed by atoms with Gasteiger partial charge in [0.2, 0.25) is 0 Å². The first-order valence-electron chi connectivity index (χ1n) is 6.23. The minimum Gasteiger partial charge on any atom is -0.207 e. The lowest BCUT2D eigenvalue weighted by atomic mass is 9.87. The van der Waals surface area contributed by atoms with Gasteiger partial charge in [-0.3, -0.25) is 0 Å². The fraction of sp³-hybridized carbons (Fsp3) is 0.250. The molecule has 0 spiro atoms. The van der Waals surface area contributed by atoms with E-state index in [1.807, 2.05) is 23.9 Å². The number of rotatable bonds is 1. The van der Waals surface area contributed by atoms with Crippen LogP contribution in [0.3, 0.4) is 0 Å². The van der Waals surface area contributed by atoms with E-state index in [0.717, 1.165) is 17.7 Å². The van der Waals surface area contributed by atoms with Gasteiger partial charge in [-0.15, -0.1) is 11.8 Å². The first-order valence-corrected chi connectivity index (χ1v) is 7.22. The standard InChI is InChI=1S/C16H15FS/c1-11-6-7-16-14(10-11)12(8-9-18-16)13-4-2-3-5-15(13)17/h2-7,10,12H,8-9H2,1H3. The molecule has 0 amide bonds. The number of fused-ring (bicyclic) bond motifs is 1. The van der Waals surface area contributed by atoms with Crippen molar-refractivity contribution in [1.82, 2.24) is 0 Å². The van der Waals surface area contributed by atoms with Gasteiger partial charge >= 0.3 is 0 Å². The van der Waals surface area contributed by atoms with Crippen LogP contribution < -0.4 is 0 Å². The van der Waals surface area contributed by atoms with Crippen LogP contribution in [0.1, 0.15) is 29.0 Å². The molecule has 18 heavy (non-hydrogen) atoms. The summed E-state index contributed by atoms with van der Waals surface area (Å²) in [4.78, 5) is 1.31. The van der Waals surface area contributed by atoms with E-state index in [-0.39, 0.29) is 11.7 Å². The van der Waals surface area contributed by atoms with Crippen LogP contribution in [0.5, 0.6) is 0 Å². The van der Waals surface area contributed by atoms with Crippen LogP contribution in [-0.4, -0.2) is 5.75 Å². The highest BCUT2D eigenvalue weighted by Gasteiger charge is 2.24.